The number of rotatable bonds is 4. The summed E-state index contributed by atoms with van der Waals surface area (Å²) < 4.78 is 10.6. The molecule has 2 aliphatic rings. The predicted molar refractivity (Wildman–Crippen MR) is 81.5 cm³/mol. The number of hydrogen-bond donors (Lipinski definition) is 2. The van der Waals surface area contributed by atoms with Gasteiger partial charge in [-0.05, 0) is 48.8 Å². The van der Waals surface area contributed by atoms with Crippen molar-refractivity contribution in [3.8, 4) is 11.5 Å². The number of nitrogens with one attached hydrogen (secondary N) is 1. The third kappa shape index (κ3) is 3.33. The van der Waals surface area contributed by atoms with E-state index < -0.39 is 6.10 Å². The number of fused-ring (bicyclic) bond motifs is 1. The minimum absolute atomic E-state index is 0.269. The Labute approximate surface area is 126 Å². The molecule has 4 atom stereocenters. The van der Waals surface area contributed by atoms with Gasteiger partial charge in [0.1, 0.15) is 0 Å². The van der Waals surface area contributed by atoms with Crippen molar-refractivity contribution >= 4 is 0 Å². The van der Waals surface area contributed by atoms with Gasteiger partial charge < -0.3 is 19.9 Å². The van der Waals surface area contributed by atoms with Gasteiger partial charge in [0.25, 0.3) is 0 Å². The largest absolute Gasteiger partial charge is 0.454 e. The topological polar surface area (TPSA) is 50.7 Å². The van der Waals surface area contributed by atoms with Crippen molar-refractivity contribution in [2.45, 2.75) is 45.3 Å². The van der Waals surface area contributed by atoms with E-state index in [1.54, 1.807) is 0 Å². The van der Waals surface area contributed by atoms with Gasteiger partial charge >= 0.3 is 0 Å². The lowest BCUT2D eigenvalue weighted by atomic mass is 9.79. The molecule has 1 fully saturated rings. The van der Waals surface area contributed by atoms with Crippen LogP contribution in [0, 0.1) is 11.8 Å². The van der Waals surface area contributed by atoms with Crippen LogP contribution in [0.1, 0.15) is 44.8 Å². The van der Waals surface area contributed by atoms with Gasteiger partial charge in [0.05, 0.1) is 6.10 Å². The number of hydrogen-bond acceptors (Lipinski definition) is 4. The maximum Gasteiger partial charge on any atom is 0.231 e. The lowest BCUT2D eigenvalue weighted by molar-refractivity contribution is 0.153. The molecule has 1 heterocycles. The first-order valence-electron chi connectivity index (χ1n) is 7.94. The van der Waals surface area contributed by atoms with E-state index in [0.717, 1.165) is 28.9 Å². The Hall–Kier alpha value is -1.26. The second-order valence-corrected chi connectivity index (χ2v) is 6.50. The van der Waals surface area contributed by atoms with Crippen molar-refractivity contribution in [2.24, 2.45) is 11.8 Å². The summed E-state index contributed by atoms with van der Waals surface area (Å²) in [4.78, 5) is 0. The molecule has 0 radical (unpaired) electrons. The highest BCUT2D eigenvalue weighted by Crippen LogP contribution is 2.34. The van der Waals surface area contributed by atoms with Crippen molar-refractivity contribution in [1.82, 2.24) is 5.32 Å². The maximum atomic E-state index is 10.3. The molecule has 0 amide bonds. The summed E-state index contributed by atoms with van der Waals surface area (Å²) >= 11 is 0. The number of aliphatic hydroxyl groups is 1. The van der Waals surface area contributed by atoms with Crippen LogP contribution in [0.2, 0.25) is 0 Å². The summed E-state index contributed by atoms with van der Waals surface area (Å²) in [7, 11) is 0. The molecule has 4 nitrogen and oxygen atoms in total. The fourth-order valence-corrected chi connectivity index (χ4v) is 3.25. The molecule has 1 saturated carbocycles. The Balaban J connectivity index is 1.53. The van der Waals surface area contributed by atoms with Crippen LogP contribution in [0.5, 0.6) is 11.5 Å². The normalized spacial score (nSPS) is 29.4. The smallest absolute Gasteiger partial charge is 0.231 e. The van der Waals surface area contributed by atoms with Crippen LogP contribution in [0.3, 0.4) is 0 Å². The molecule has 4 heteroatoms. The lowest BCUT2D eigenvalue weighted by Gasteiger charge is -2.33. The molecule has 0 aromatic heterocycles. The second kappa shape index (κ2) is 6.24. The summed E-state index contributed by atoms with van der Waals surface area (Å²) in [5, 5.41) is 13.9. The molecule has 0 bridgehead atoms. The first-order valence-corrected chi connectivity index (χ1v) is 7.94. The molecule has 1 aliphatic carbocycles. The molecule has 21 heavy (non-hydrogen) atoms. The monoisotopic (exact) mass is 291 g/mol. The highest BCUT2D eigenvalue weighted by atomic mass is 16.7. The van der Waals surface area contributed by atoms with Gasteiger partial charge in [0.15, 0.2) is 11.5 Å². The van der Waals surface area contributed by atoms with Crippen molar-refractivity contribution < 1.29 is 14.6 Å². The van der Waals surface area contributed by atoms with Crippen LogP contribution in [0.25, 0.3) is 0 Å². The van der Waals surface area contributed by atoms with E-state index in [4.69, 9.17) is 9.47 Å². The zero-order valence-corrected chi connectivity index (χ0v) is 12.8. The average Bonchev–Trinajstić information content (AvgIpc) is 2.95. The van der Waals surface area contributed by atoms with Gasteiger partial charge in [-0.25, -0.2) is 0 Å². The number of aliphatic hydroxyl groups excluding tert-OH is 1. The van der Waals surface area contributed by atoms with Gasteiger partial charge in [0, 0.05) is 12.6 Å². The zero-order valence-electron chi connectivity index (χ0n) is 12.8. The van der Waals surface area contributed by atoms with E-state index in [1.807, 2.05) is 18.2 Å². The Kier molecular flexibility index (Phi) is 4.36. The van der Waals surface area contributed by atoms with E-state index in [9.17, 15) is 5.11 Å². The predicted octanol–water partition coefficient (Wildman–Crippen LogP) is 2.86. The van der Waals surface area contributed by atoms with Crippen LogP contribution in [-0.4, -0.2) is 24.5 Å². The fourth-order valence-electron chi connectivity index (χ4n) is 3.25. The van der Waals surface area contributed by atoms with Gasteiger partial charge in [-0.1, -0.05) is 19.9 Å². The van der Waals surface area contributed by atoms with Gasteiger partial charge in [-0.3, -0.25) is 0 Å². The van der Waals surface area contributed by atoms with Gasteiger partial charge in [0.2, 0.25) is 6.79 Å². The molecule has 0 saturated heterocycles. The van der Waals surface area contributed by atoms with E-state index in [0.29, 0.717) is 12.6 Å². The Morgan fingerprint density at radius 1 is 1.19 bits per heavy atom. The van der Waals surface area contributed by atoms with Gasteiger partial charge in [-0.2, -0.15) is 0 Å². The van der Waals surface area contributed by atoms with Crippen LogP contribution >= 0.6 is 0 Å². The number of benzene rings is 1. The highest BCUT2D eigenvalue weighted by Gasteiger charge is 2.25. The zero-order chi connectivity index (χ0) is 14.8. The molecule has 1 aromatic carbocycles. The summed E-state index contributed by atoms with van der Waals surface area (Å²) in [5.41, 5.74) is 0.879. The van der Waals surface area contributed by atoms with Crippen molar-refractivity contribution in [1.29, 1.82) is 0 Å². The molecule has 116 valence electrons. The molecular formula is C17H25NO3. The van der Waals surface area contributed by atoms with Crippen LogP contribution in [-0.2, 0) is 0 Å². The summed E-state index contributed by atoms with van der Waals surface area (Å²) in [5.74, 6) is 3.07. The minimum Gasteiger partial charge on any atom is -0.454 e. The lowest BCUT2D eigenvalue weighted by Crippen LogP contribution is -2.38. The summed E-state index contributed by atoms with van der Waals surface area (Å²) in [6, 6.07) is 6.18. The SMILES string of the molecule is CC1CCC(NCC(O)c2ccc3c(c2)OCO3)CC1C. The van der Waals surface area contributed by atoms with E-state index in [1.165, 1.54) is 19.3 Å². The molecule has 4 unspecified atom stereocenters. The quantitative estimate of drug-likeness (QED) is 0.895. The van der Waals surface area contributed by atoms with E-state index >= 15 is 0 Å². The van der Waals surface area contributed by atoms with Crippen molar-refractivity contribution in [3.05, 3.63) is 23.8 Å². The standard InChI is InChI=1S/C17H25NO3/c1-11-3-5-14(7-12(11)2)18-9-15(19)13-4-6-16-17(8-13)21-10-20-16/h4,6,8,11-12,14-15,18-19H,3,5,7,9-10H2,1-2H3. The second-order valence-electron chi connectivity index (χ2n) is 6.50. The van der Waals surface area contributed by atoms with Crippen LogP contribution in [0.4, 0.5) is 0 Å². The Morgan fingerprint density at radius 2 is 2.00 bits per heavy atom. The first-order chi connectivity index (χ1) is 10.1. The maximum absolute atomic E-state index is 10.3. The van der Waals surface area contributed by atoms with Crippen molar-refractivity contribution in [2.75, 3.05) is 13.3 Å². The van der Waals surface area contributed by atoms with Crippen molar-refractivity contribution in [3.63, 3.8) is 0 Å². The third-order valence-corrected chi connectivity index (χ3v) is 4.98. The fraction of sp³-hybridized carbons (Fsp3) is 0.647. The Morgan fingerprint density at radius 3 is 2.81 bits per heavy atom. The van der Waals surface area contributed by atoms with Gasteiger partial charge in [-0.15, -0.1) is 0 Å². The minimum atomic E-state index is -0.505. The summed E-state index contributed by atoms with van der Waals surface area (Å²) in [6.07, 6.45) is 3.18. The molecule has 1 aromatic rings. The highest BCUT2D eigenvalue weighted by molar-refractivity contribution is 5.45. The Bertz CT molecular complexity index is 491. The molecule has 0 spiro atoms. The van der Waals surface area contributed by atoms with Crippen LogP contribution in [0.15, 0.2) is 18.2 Å². The summed E-state index contributed by atoms with van der Waals surface area (Å²) in [6.45, 7) is 5.52. The molecule has 2 N–H and O–H groups in total. The first kappa shape index (κ1) is 14.7. The average molecular weight is 291 g/mol. The van der Waals surface area contributed by atoms with Crippen LogP contribution < -0.4 is 14.8 Å². The molecular weight excluding hydrogens is 266 g/mol. The number of ether oxygens (including phenoxy) is 2. The van der Waals surface area contributed by atoms with E-state index in [2.05, 4.69) is 19.2 Å². The molecule has 3 rings (SSSR count). The molecule has 1 aliphatic heterocycles. The van der Waals surface area contributed by atoms with E-state index in [-0.39, 0.29) is 6.79 Å². The third-order valence-electron chi connectivity index (χ3n) is 4.98.